The monoisotopic (exact) mass is 257 g/mol. The third-order valence-electron chi connectivity index (χ3n) is 3.52. The summed E-state index contributed by atoms with van der Waals surface area (Å²) in [6.07, 6.45) is 3.62. The highest BCUT2D eigenvalue weighted by Crippen LogP contribution is 2.39. The number of nitrogens with one attached hydrogen (secondary N) is 1. The molecule has 2 heterocycles. The number of rotatable bonds is 3. The van der Waals surface area contributed by atoms with Crippen molar-refractivity contribution < 1.29 is 4.74 Å². The summed E-state index contributed by atoms with van der Waals surface area (Å²) < 4.78 is 6.32. The lowest BCUT2D eigenvalue weighted by molar-refractivity contribution is 0.184. The SMILES string of the molecule is Clc1cc2c(s1)CCC2NCC1CCOC1. The van der Waals surface area contributed by atoms with Gasteiger partial charge in [0.05, 0.1) is 10.9 Å². The van der Waals surface area contributed by atoms with Crippen molar-refractivity contribution in [3.63, 3.8) is 0 Å². The van der Waals surface area contributed by atoms with Gasteiger partial charge in [-0.2, -0.15) is 0 Å². The second-order valence-electron chi connectivity index (χ2n) is 4.66. The van der Waals surface area contributed by atoms with Gasteiger partial charge in [-0.05, 0) is 36.8 Å². The first-order valence-corrected chi connectivity index (χ1v) is 7.11. The number of thiophene rings is 1. The second kappa shape index (κ2) is 4.65. The van der Waals surface area contributed by atoms with Crippen molar-refractivity contribution in [2.75, 3.05) is 19.8 Å². The minimum Gasteiger partial charge on any atom is -0.381 e. The fourth-order valence-corrected chi connectivity index (χ4v) is 3.95. The molecule has 0 aromatic carbocycles. The number of ether oxygens (including phenoxy) is 1. The van der Waals surface area contributed by atoms with E-state index in [4.69, 9.17) is 16.3 Å². The predicted octanol–water partition coefficient (Wildman–Crippen LogP) is 3.01. The molecular formula is C12H16ClNOS. The van der Waals surface area contributed by atoms with Crippen LogP contribution in [0.25, 0.3) is 0 Å². The quantitative estimate of drug-likeness (QED) is 0.899. The van der Waals surface area contributed by atoms with Crippen LogP contribution in [0.2, 0.25) is 4.34 Å². The summed E-state index contributed by atoms with van der Waals surface area (Å²) in [7, 11) is 0. The topological polar surface area (TPSA) is 21.3 Å². The molecule has 1 saturated heterocycles. The van der Waals surface area contributed by atoms with E-state index in [-0.39, 0.29) is 0 Å². The summed E-state index contributed by atoms with van der Waals surface area (Å²) in [6.45, 7) is 2.95. The number of fused-ring (bicyclic) bond motifs is 1. The van der Waals surface area contributed by atoms with E-state index >= 15 is 0 Å². The number of aryl methyl sites for hydroxylation is 1. The molecule has 1 fully saturated rings. The van der Waals surface area contributed by atoms with Gasteiger partial charge in [0.25, 0.3) is 0 Å². The predicted molar refractivity (Wildman–Crippen MR) is 67.3 cm³/mol. The molecule has 1 aliphatic heterocycles. The Morgan fingerprint density at radius 1 is 1.50 bits per heavy atom. The van der Waals surface area contributed by atoms with Crippen LogP contribution < -0.4 is 5.32 Å². The molecule has 2 atom stereocenters. The highest BCUT2D eigenvalue weighted by atomic mass is 35.5. The zero-order chi connectivity index (χ0) is 11.0. The largest absolute Gasteiger partial charge is 0.381 e. The molecule has 0 amide bonds. The van der Waals surface area contributed by atoms with Crippen LogP contribution in [0.5, 0.6) is 0 Å². The van der Waals surface area contributed by atoms with Crippen molar-refractivity contribution in [1.29, 1.82) is 0 Å². The van der Waals surface area contributed by atoms with Gasteiger partial charge in [0.2, 0.25) is 0 Å². The van der Waals surface area contributed by atoms with Crippen LogP contribution in [0.1, 0.15) is 29.3 Å². The molecular weight excluding hydrogens is 242 g/mol. The Balaban J connectivity index is 1.59. The minimum absolute atomic E-state index is 0.527. The van der Waals surface area contributed by atoms with E-state index in [1.54, 1.807) is 11.3 Å². The van der Waals surface area contributed by atoms with Gasteiger partial charge in [0, 0.05) is 24.1 Å². The maximum Gasteiger partial charge on any atom is 0.0934 e. The van der Waals surface area contributed by atoms with Crippen LogP contribution in [-0.4, -0.2) is 19.8 Å². The third kappa shape index (κ3) is 2.14. The average molecular weight is 258 g/mol. The molecule has 1 aliphatic carbocycles. The summed E-state index contributed by atoms with van der Waals surface area (Å²) >= 11 is 7.78. The Morgan fingerprint density at radius 3 is 3.25 bits per heavy atom. The molecule has 0 bridgehead atoms. The number of hydrogen-bond donors (Lipinski definition) is 1. The first-order valence-electron chi connectivity index (χ1n) is 5.92. The Kier molecular flexibility index (Phi) is 3.20. The Labute approximate surface area is 105 Å². The lowest BCUT2D eigenvalue weighted by atomic mass is 10.1. The van der Waals surface area contributed by atoms with Crippen molar-refractivity contribution in [3.8, 4) is 0 Å². The molecule has 0 spiro atoms. The van der Waals surface area contributed by atoms with E-state index in [1.165, 1.54) is 29.7 Å². The molecule has 0 radical (unpaired) electrons. The summed E-state index contributed by atoms with van der Waals surface area (Å²) in [6, 6.07) is 2.66. The Hall–Kier alpha value is -0.0900. The standard InChI is InChI=1S/C12H16ClNOS/c13-12-5-9-10(1-2-11(9)16-12)14-6-8-3-4-15-7-8/h5,8,10,14H,1-4,6-7H2. The van der Waals surface area contributed by atoms with Gasteiger partial charge in [-0.1, -0.05) is 11.6 Å². The highest BCUT2D eigenvalue weighted by Gasteiger charge is 2.26. The van der Waals surface area contributed by atoms with E-state index in [9.17, 15) is 0 Å². The van der Waals surface area contributed by atoms with Gasteiger partial charge in [-0.25, -0.2) is 0 Å². The number of halogens is 1. The van der Waals surface area contributed by atoms with Crippen molar-refractivity contribution in [3.05, 3.63) is 20.8 Å². The molecule has 1 N–H and O–H groups in total. The zero-order valence-corrected chi connectivity index (χ0v) is 10.7. The Morgan fingerprint density at radius 2 is 2.44 bits per heavy atom. The molecule has 0 saturated carbocycles. The molecule has 16 heavy (non-hydrogen) atoms. The van der Waals surface area contributed by atoms with Crippen LogP contribution in [0.3, 0.4) is 0 Å². The molecule has 88 valence electrons. The minimum atomic E-state index is 0.527. The van der Waals surface area contributed by atoms with Gasteiger partial charge in [-0.15, -0.1) is 11.3 Å². The summed E-state index contributed by atoms with van der Waals surface area (Å²) in [5.74, 6) is 0.707. The van der Waals surface area contributed by atoms with Crippen LogP contribution in [0.4, 0.5) is 0 Å². The summed E-state index contributed by atoms with van der Waals surface area (Å²) in [5, 5.41) is 3.66. The molecule has 1 aromatic rings. The van der Waals surface area contributed by atoms with E-state index in [0.29, 0.717) is 12.0 Å². The number of hydrogen-bond acceptors (Lipinski definition) is 3. The second-order valence-corrected chi connectivity index (χ2v) is 6.43. The average Bonchev–Trinajstić information content (AvgIpc) is 2.91. The molecule has 3 rings (SSSR count). The lowest BCUT2D eigenvalue weighted by Crippen LogP contribution is -2.26. The van der Waals surface area contributed by atoms with Gasteiger partial charge >= 0.3 is 0 Å². The fourth-order valence-electron chi connectivity index (χ4n) is 2.60. The van der Waals surface area contributed by atoms with Crippen LogP contribution >= 0.6 is 22.9 Å². The fraction of sp³-hybridized carbons (Fsp3) is 0.667. The first-order chi connectivity index (χ1) is 7.83. The van der Waals surface area contributed by atoms with Gasteiger partial charge in [0.1, 0.15) is 0 Å². The normalized spacial score (nSPS) is 28.6. The van der Waals surface area contributed by atoms with Crippen molar-refractivity contribution >= 4 is 22.9 Å². The molecule has 1 aromatic heterocycles. The summed E-state index contributed by atoms with van der Waals surface area (Å²) in [4.78, 5) is 1.48. The van der Waals surface area contributed by atoms with Crippen LogP contribution in [0.15, 0.2) is 6.07 Å². The zero-order valence-electron chi connectivity index (χ0n) is 9.17. The smallest absolute Gasteiger partial charge is 0.0934 e. The maximum atomic E-state index is 6.04. The van der Waals surface area contributed by atoms with Crippen LogP contribution in [-0.2, 0) is 11.2 Å². The third-order valence-corrected chi connectivity index (χ3v) is 4.86. The van der Waals surface area contributed by atoms with Crippen LogP contribution in [0, 0.1) is 5.92 Å². The van der Waals surface area contributed by atoms with Crippen molar-refractivity contribution in [1.82, 2.24) is 5.32 Å². The van der Waals surface area contributed by atoms with E-state index in [1.807, 2.05) is 0 Å². The molecule has 2 unspecified atom stereocenters. The van der Waals surface area contributed by atoms with Crippen molar-refractivity contribution in [2.45, 2.75) is 25.3 Å². The van der Waals surface area contributed by atoms with E-state index in [2.05, 4.69) is 11.4 Å². The molecule has 4 heteroatoms. The molecule has 2 aliphatic rings. The lowest BCUT2D eigenvalue weighted by Gasteiger charge is -2.15. The van der Waals surface area contributed by atoms with Gasteiger partial charge in [0.15, 0.2) is 0 Å². The van der Waals surface area contributed by atoms with Gasteiger partial charge < -0.3 is 10.1 Å². The first kappa shape index (κ1) is 11.0. The van der Waals surface area contributed by atoms with Gasteiger partial charge in [-0.3, -0.25) is 0 Å². The van der Waals surface area contributed by atoms with Crippen molar-refractivity contribution in [2.24, 2.45) is 5.92 Å². The Bertz CT molecular complexity index is 373. The highest BCUT2D eigenvalue weighted by molar-refractivity contribution is 7.16. The van der Waals surface area contributed by atoms with E-state index in [0.717, 1.165) is 24.1 Å². The maximum absolute atomic E-state index is 6.04. The van der Waals surface area contributed by atoms with E-state index < -0.39 is 0 Å². The summed E-state index contributed by atoms with van der Waals surface area (Å²) in [5.41, 5.74) is 1.44. The molecule has 2 nitrogen and oxygen atoms in total.